The van der Waals surface area contributed by atoms with Crippen LogP contribution in [0.4, 0.5) is 0 Å². The van der Waals surface area contributed by atoms with Crippen LogP contribution in [0.2, 0.25) is 10.0 Å². The minimum absolute atomic E-state index is 0. The lowest BCUT2D eigenvalue weighted by molar-refractivity contribution is 0.0777. The van der Waals surface area contributed by atoms with Gasteiger partial charge in [-0.25, -0.2) is 0 Å². The molecule has 3 nitrogen and oxygen atoms in total. The Hall–Kier alpha value is -0.480. The van der Waals surface area contributed by atoms with Gasteiger partial charge in [0.15, 0.2) is 0 Å². The lowest BCUT2D eigenvalue weighted by Gasteiger charge is -2.22. The van der Waals surface area contributed by atoms with Gasteiger partial charge in [0.25, 0.3) is 5.91 Å². The van der Waals surface area contributed by atoms with E-state index < -0.39 is 0 Å². The van der Waals surface area contributed by atoms with Crippen LogP contribution in [0, 0.1) is 5.41 Å². The van der Waals surface area contributed by atoms with Gasteiger partial charge >= 0.3 is 0 Å². The van der Waals surface area contributed by atoms with Gasteiger partial charge in [0, 0.05) is 18.7 Å². The number of halogens is 3. The molecule has 1 unspecified atom stereocenters. The van der Waals surface area contributed by atoms with Crippen molar-refractivity contribution in [3.05, 3.63) is 33.8 Å². The summed E-state index contributed by atoms with van der Waals surface area (Å²) in [5.74, 6) is -0.00857. The fourth-order valence-corrected chi connectivity index (χ4v) is 2.47. The zero-order valence-corrected chi connectivity index (χ0v) is 13.0. The second-order valence-corrected chi connectivity index (χ2v) is 5.93. The van der Waals surface area contributed by atoms with Crippen LogP contribution in [0.1, 0.15) is 23.7 Å². The zero-order valence-electron chi connectivity index (χ0n) is 10.7. The first kappa shape index (κ1) is 16.6. The van der Waals surface area contributed by atoms with E-state index >= 15 is 0 Å². The Kier molecular flexibility index (Phi) is 5.51. The van der Waals surface area contributed by atoms with E-state index in [0.29, 0.717) is 28.7 Å². The molecule has 1 aromatic carbocycles. The maximum Gasteiger partial charge on any atom is 0.253 e. The minimum atomic E-state index is -0.00857. The maximum absolute atomic E-state index is 12.3. The molecule has 0 spiro atoms. The van der Waals surface area contributed by atoms with Gasteiger partial charge in [0.1, 0.15) is 0 Å². The van der Waals surface area contributed by atoms with Crippen molar-refractivity contribution in [2.24, 2.45) is 11.1 Å². The van der Waals surface area contributed by atoms with Crippen LogP contribution in [0.15, 0.2) is 18.2 Å². The van der Waals surface area contributed by atoms with Gasteiger partial charge in [-0.2, -0.15) is 0 Å². The summed E-state index contributed by atoms with van der Waals surface area (Å²) in [6.45, 7) is 4.14. The van der Waals surface area contributed by atoms with Crippen LogP contribution in [0.3, 0.4) is 0 Å². The van der Waals surface area contributed by atoms with Crippen molar-refractivity contribution in [3.8, 4) is 0 Å². The zero-order chi connectivity index (χ0) is 13.3. The van der Waals surface area contributed by atoms with E-state index in [1.165, 1.54) is 0 Å². The molecule has 2 N–H and O–H groups in total. The molecular weight excluding hydrogens is 307 g/mol. The van der Waals surface area contributed by atoms with Crippen molar-refractivity contribution < 1.29 is 4.79 Å². The molecule has 1 aromatic rings. The maximum atomic E-state index is 12.3. The molecule has 1 saturated heterocycles. The molecule has 0 radical (unpaired) electrons. The summed E-state index contributed by atoms with van der Waals surface area (Å²) in [7, 11) is 0. The number of hydrogen-bond acceptors (Lipinski definition) is 2. The fraction of sp³-hybridized carbons (Fsp3) is 0.462. The first-order valence-corrected chi connectivity index (χ1v) is 6.65. The number of amides is 1. The Morgan fingerprint density at radius 1 is 1.42 bits per heavy atom. The third kappa shape index (κ3) is 3.54. The molecule has 19 heavy (non-hydrogen) atoms. The summed E-state index contributed by atoms with van der Waals surface area (Å²) >= 11 is 11.8. The summed E-state index contributed by atoms with van der Waals surface area (Å²) < 4.78 is 0. The molecule has 1 aliphatic heterocycles. The number of rotatable bonds is 2. The molecule has 1 aliphatic rings. The van der Waals surface area contributed by atoms with Gasteiger partial charge in [-0.05, 0) is 36.6 Å². The van der Waals surface area contributed by atoms with Gasteiger partial charge in [-0.15, -0.1) is 12.4 Å². The molecular formula is C13H17Cl3N2O. The Labute approximate surface area is 129 Å². The Balaban J connectivity index is 0.00000180. The fourth-order valence-electron chi connectivity index (χ4n) is 2.18. The molecule has 0 aliphatic carbocycles. The van der Waals surface area contributed by atoms with Gasteiger partial charge in [-0.1, -0.05) is 30.1 Å². The number of carbonyl (C=O) groups excluding carboxylic acids is 1. The van der Waals surface area contributed by atoms with E-state index in [1.807, 2.05) is 4.90 Å². The lowest BCUT2D eigenvalue weighted by atomic mass is 9.90. The number of hydrogen-bond donors (Lipinski definition) is 1. The summed E-state index contributed by atoms with van der Waals surface area (Å²) in [6.07, 6.45) is 0.941. The predicted molar refractivity (Wildman–Crippen MR) is 81.4 cm³/mol. The van der Waals surface area contributed by atoms with E-state index in [0.717, 1.165) is 13.0 Å². The third-order valence-electron chi connectivity index (χ3n) is 3.50. The van der Waals surface area contributed by atoms with Crippen LogP contribution < -0.4 is 5.73 Å². The average molecular weight is 324 g/mol. The van der Waals surface area contributed by atoms with Crippen LogP contribution in [-0.4, -0.2) is 30.4 Å². The molecule has 0 aromatic heterocycles. The van der Waals surface area contributed by atoms with Crippen LogP contribution in [-0.2, 0) is 0 Å². The van der Waals surface area contributed by atoms with Gasteiger partial charge in [0.05, 0.1) is 10.0 Å². The van der Waals surface area contributed by atoms with Crippen molar-refractivity contribution in [1.82, 2.24) is 4.90 Å². The van der Waals surface area contributed by atoms with Crippen molar-refractivity contribution in [1.29, 1.82) is 0 Å². The summed E-state index contributed by atoms with van der Waals surface area (Å²) in [4.78, 5) is 14.1. The van der Waals surface area contributed by atoms with Crippen LogP contribution >= 0.6 is 35.6 Å². The highest BCUT2D eigenvalue weighted by Gasteiger charge is 2.35. The minimum Gasteiger partial charge on any atom is -0.338 e. The lowest BCUT2D eigenvalue weighted by Crippen LogP contribution is -2.34. The largest absolute Gasteiger partial charge is 0.338 e. The predicted octanol–water partition coefficient (Wildman–Crippen LogP) is 3.23. The van der Waals surface area contributed by atoms with Crippen molar-refractivity contribution in [2.45, 2.75) is 13.3 Å². The Morgan fingerprint density at radius 2 is 2.11 bits per heavy atom. The van der Waals surface area contributed by atoms with Gasteiger partial charge < -0.3 is 10.6 Å². The molecule has 6 heteroatoms. The number of likely N-dealkylation sites (tertiary alicyclic amines) is 1. The second kappa shape index (κ2) is 6.31. The summed E-state index contributed by atoms with van der Waals surface area (Å²) in [5.41, 5.74) is 6.34. The Morgan fingerprint density at radius 3 is 2.63 bits per heavy atom. The Bertz CT molecular complexity index is 481. The highest BCUT2D eigenvalue weighted by molar-refractivity contribution is 6.42. The highest BCUT2D eigenvalue weighted by Crippen LogP contribution is 2.30. The molecule has 2 rings (SSSR count). The van der Waals surface area contributed by atoms with E-state index in [1.54, 1.807) is 18.2 Å². The SMILES string of the molecule is CC1(CN)CCN(C(=O)c2ccc(Cl)c(Cl)c2)C1.Cl. The highest BCUT2D eigenvalue weighted by atomic mass is 35.5. The first-order chi connectivity index (χ1) is 8.45. The smallest absolute Gasteiger partial charge is 0.253 e. The van der Waals surface area contributed by atoms with E-state index in [4.69, 9.17) is 28.9 Å². The second-order valence-electron chi connectivity index (χ2n) is 5.12. The molecule has 1 heterocycles. The van der Waals surface area contributed by atoms with Crippen molar-refractivity contribution in [3.63, 3.8) is 0 Å². The van der Waals surface area contributed by atoms with E-state index in [2.05, 4.69) is 6.92 Å². The van der Waals surface area contributed by atoms with Crippen LogP contribution in [0.25, 0.3) is 0 Å². The quantitative estimate of drug-likeness (QED) is 0.908. The van der Waals surface area contributed by atoms with Gasteiger partial charge in [-0.3, -0.25) is 4.79 Å². The molecule has 1 fully saturated rings. The molecule has 0 bridgehead atoms. The molecule has 1 amide bonds. The van der Waals surface area contributed by atoms with Crippen molar-refractivity contribution in [2.75, 3.05) is 19.6 Å². The van der Waals surface area contributed by atoms with E-state index in [-0.39, 0.29) is 23.7 Å². The number of nitrogens with zero attached hydrogens (tertiary/aromatic N) is 1. The summed E-state index contributed by atoms with van der Waals surface area (Å²) in [5, 5.41) is 0.865. The molecule has 1 atom stereocenters. The number of benzene rings is 1. The van der Waals surface area contributed by atoms with Crippen molar-refractivity contribution >= 4 is 41.5 Å². The third-order valence-corrected chi connectivity index (χ3v) is 4.24. The van der Waals surface area contributed by atoms with Gasteiger partial charge in [0.2, 0.25) is 0 Å². The standard InChI is InChI=1S/C13H16Cl2N2O.ClH/c1-13(7-16)4-5-17(8-13)12(18)9-2-3-10(14)11(15)6-9;/h2-3,6H,4-5,7-8,16H2,1H3;1H. The monoisotopic (exact) mass is 322 g/mol. The normalized spacial score (nSPS) is 22.2. The van der Waals surface area contributed by atoms with Crippen LogP contribution in [0.5, 0.6) is 0 Å². The molecule has 0 saturated carbocycles. The molecule has 106 valence electrons. The van der Waals surface area contributed by atoms with E-state index in [9.17, 15) is 4.79 Å². The first-order valence-electron chi connectivity index (χ1n) is 5.90. The summed E-state index contributed by atoms with van der Waals surface area (Å²) in [6, 6.07) is 4.97. The number of nitrogens with two attached hydrogens (primary N) is 1. The topological polar surface area (TPSA) is 46.3 Å². The number of carbonyl (C=O) groups is 1. The average Bonchev–Trinajstić information content (AvgIpc) is 2.75.